The molecule has 0 aliphatic carbocycles. The van der Waals surface area contributed by atoms with Gasteiger partial charge in [0.15, 0.2) is 0 Å². The fourth-order valence-corrected chi connectivity index (χ4v) is 3.12. The second kappa shape index (κ2) is 6.95. The maximum Gasteiger partial charge on any atom is 0.415 e. The van der Waals surface area contributed by atoms with Crippen LogP contribution in [0.1, 0.15) is 26.3 Å². The largest absolute Gasteiger partial charge is 0.508 e. The van der Waals surface area contributed by atoms with E-state index in [9.17, 15) is 14.7 Å². The minimum atomic E-state index is -0.755. The third kappa shape index (κ3) is 3.89. The highest BCUT2D eigenvalue weighted by molar-refractivity contribution is 5.99. The van der Waals surface area contributed by atoms with Gasteiger partial charge in [0.05, 0.1) is 12.8 Å². The van der Waals surface area contributed by atoms with E-state index < -0.39 is 23.7 Å². The molecular weight excluding hydrogens is 346 g/mol. The van der Waals surface area contributed by atoms with Crippen LogP contribution >= 0.6 is 0 Å². The molecule has 1 heterocycles. The lowest BCUT2D eigenvalue weighted by molar-refractivity contribution is -0.142. The van der Waals surface area contributed by atoms with Crippen LogP contribution in [0, 0.1) is 0 Å². The van der Waals surface area contributed by atoms with E-state index in [0.717, 1.165) is 16.7 Å². The Morgan fingerprint density at radius 1 is 1.07 bits per heavy atom. The fourth-order valence-electron chi connectivity index (χ4n) is 3.12. The SMILES string of the molecule is COC(=O)C1Cc2ccc(-c3ccc(O)cc3)cc2N1C(=O)OC(C)(C)C. The molecule has 0 spiro atoms. The minimum absolute atomic E-state index is 0.182. The van der Waals surface area contributed by atoms with Gasteiger partial charge >= 0.3 is 12.1 Å². The zero-order chi connectivity index (χ0) is 19.8. The smallest absolute Gasteiger partial charge is 0.415 e. The summed E-state index contributed by atoms with van der Waals surface area (Å²) in [6.45, 7) is 5.34. The van der Waals surface area contributed by atoms with Gasteiger partial charge in [-0.3, -0.25) is 4.90 Å². The Kier molecular flexibility index (Phi) is 4.83. The number of methoxy groups -OCH3 is 1. The zero-order valence-corrected chi connectivity index (χ0v) is 15.9. The van der Waals surface area contributed by atoms with E-state index in [1.165, 1.54) is 12.0 Å². The van der Waals surface area contributed by atoms with Gasteiger partial charge in [0, 0.05) is 6.42 Å². The highest BCUT2D eigenvalue weighted by Gasteiger charge is 2.41. The standard InChI is InChI=1S/C21H23NO5/c1-21(2,3)27-20(25)22-17-11-14(13-7-9-16(23)10-8-13)5-6-15(17)12-18(22)19(24)26-4/h5-11,18,23H,12H2,1-4H3. The molecule has 1 amide bonds. The Bertz CT molecular complexity index is 867. The van der Waals surface area contributed by atoms with Crippen molar-refractivity contribution < 1.29 is 24.2 Å². The first-order valence-electron chi connectivity index (χ1n) is 8.72. The number of anilines is 1. The van der Waals surface area contributed by atoms with Gasteiger partial charge in [-0.1, -0.05) is 24.3 Å². The van der Waals surface area contributed by atoms with E-state index in [1.54, 1.807) is 45.0 Å². The molecular formula is C21H23NO5. The number of carbonyl (C=O) groups is 2. The van der Waals surface area contributed by atoms with Gasteiger partial charge in [-0.25, -0.2) is 9.59 Å². The Labute approximate surface area is 158 Å². The summed E-state index contributed by atoms with van der Waals surface area (Å²) < 4.78 is 10.4. The monoisotopic (exact) mass is 369 g/mol. The summed E-state index contributed by atoms with van der Waals surface area (Å²) in [5.41, 5.74) is 2.58. The molecule has 27 heavy (non-hydrogen) atoms. The molecule has 1 aliphatic heterocycles. The Morgan fingerprint density at radius 3 is 2.30 bits per heavy atom. The number of carbonyl (C=O) groups excluding carboxylic acids is 2. The van der Waals surface area contributed by atoms with Gasteiger partial charge in [0.2, 0.25) is 0 Å². The zero-order valence-electron chi connectivity index (χ0n) is 15.9. The van der Waals surface area contributed by atoms with Crippen molar-refractivity contribution in [2.75, 3.05) is 12.0 Å². The van der Waals surface area contributed by atoms with E-state index in [1.807, 2.05) is 18.2 Å². The number of hydrogen-bond donors (Lipinski definition) is 1. The Hall–Kier alpha value is -3.02. The topological polar surface area (TPSA) is 76.1 Å². The lowest BCUT2D eigenvalue weighted by Crippen LogP contribution is -2.45. The van der Waals surface area contributed by atoms with Crippen LogP contribution in [-0.2, 0) is 20.7 Å². The van der Waals surface area contributed by atoms with Gasteiger partial charge in [0.25, 0.3) is 0 Å². The number of benzene rings is 2. The van der Waals surface area contributed by atoms with E-state index in [4.69, 9.17) is 9.47 Å². The molecule has 0 saturated heterocycles. The molecule has 1 aliphatic rings. The normalized spacial score (nSPS) is 16.0. The quantitative estimate of drug-likeness (QED) is 0.813. The average Bonchev–Trinajstić information content (AvgIpc) is 2.99. The highest BCUT2D eigenvalue weighted by atomic mass is 16.6. The molecule has 0 aromatic heterocycles. The summed E-state index contributed by atoms with van der Waals surface area (Å²) in [6.07, 6.45) is -0.212. The van der Waals surface area contributed by atoms with E-state index in [0.29, 0.717) is 12.1 Å². The van der Waals surface area contributed by atoms with Crippen molar-refractivity contribution in [1.82, 2.24) is 0 Å². The van der Waals surface area contributed by atoms with Crippen LogP contribution < -0.4 is 4.90 Å². The number of phenols is 1. The summed E-state index contributed by atoms with van der Waals surface area (Å²) in [7, 11) is 1.31. The van der Waals surface area contributed by atoms with E-state index in [-0.39, 0.29) is 5.75 Å². The third-order valence-electron chi connectivity index (χ3n) is 4.33. The molecule has 0 bridgehead atoms. The predicted molar refractivity (Wildman–Crippen MR) is 102 cm³/mol. The number of aromatic hydroxyl groups is 1. The maximum absolute atomic E-state index is 12.8. The number of amides is 1. The van der Waals surface area contributed by atoms with Crippen molar-refractivity contribution in [1.29, 1.82) is 0 Å². The first-order chi connectivity index (χ1) is 12.7. The van der Waals surface area contributed by atoms with Gasteiger partial charge in [-0.05, 0) is 55.7 Å². The summed E-state index contributed by atoms with van der Waals surface area (Å²) in [4.78, 5) is 26.4. The molecule has 2 aromatic rings. The Morgan fingerprint density at radius 2 is 1.70 bits per heavy atom. The second-order valence-corrected chi connectivity index (χ2v) is 7.48. The average molecular weight is 369 g/mol. The van der Waals surface area contributed by atoms with Crippen molar-refractivity contribution in [3.63, 3.8) is 0 Å². The number of rotatable bonds is 2. The van der Waals surface area contributed by atoms with Crippen LogP contribution in [0.25, 0.3) is 11.1 Å². The third-order valence-corrected chi connectivity index (χ3v) is 4.33. The number of fused-ring (bicyclic) bond motifs is 1. The first kappa shape index (κ1) is 18.8. The van der Waals surface area contributed by atoms with Crippen LogP contribution in [0.3, 0.4) is 0 Å². The molecule has 2 aromatic carbocycles. The van der Waals surface area contributed by atoms with Crippen LogP contribution in [0.4, 0.5) is 10.5 Å². The molecule has 6 nitrogen and oxygen atoms in total. The van der Waals surface area contributed by atoms with Gasteiger partial charge in [0.1, 0.15) is 17.4 Å². The Balaban J connectivity index is 2.02. The van der Waals surface area contributed by atoms with Crippen molar-refractivity contribution in [3.8, 4) is 16.9 Å². The second-order valence-electron chi connectivity index (χ2n) is 7.48. The molecule has 0 fully saturated rings. The molecule has 1 atom stereocenters. The van der Waals surface area contributed by atoms with E-state index in [2.05, 4.69) is 0 Å². The van der Waals surface area contributed by atoms with Crippen LogP contribution in [0.2, 0.25) is 0 Å². The molecule has 0 radical (unpaired) electrons. The fraction of sp³-hybridized carbons (Fsp3) is 0.333. The minimum Gasteiger partial charge on any atom is -0.508 e. The van der Waals surface area contributed by atoms with Crippen molar-refractivity contribution in [2.24, 2.45) is 0 Å². The van der Waals surface area contributed by atoms with Crippen molar-refractivity contribution in [3.05, 3.63) is 48.0 Å². The highest BCUT2D eigenvalue weighted by Crippen LogP contribution is 2.37. The molecule has 3 rings (SSSR count). The lowest BCUT2D eigenvalue weighted by Gasteiger charge is -2.28. The number of ether oxygens (including phenoxy) is 2. The maximum atomic E-state index is 12.8. The van der Waals surface area contributed by atoms with Gasteiger partial charge in [-0.15, -0.1) is 0 Å². The van der Waals surface area contributed by atoms with Gasteiger partial charge < -0.3 is 14.6 Å². The summed E-state index contributed by atoms with van der Waals surface area (Å²) in [6, 6.07) is 11.7. The summed E-state index contributed by atoms with van der Waals surface area (Å²) >= 11 is 0. The predicted octanol–water partition coefficient (Wildman–Crippen LogP) is 3.90. The first-order valence-corrected chi connectivity index (χ1v) is 8.72. The number of nitrogens with zero attached hydrogens (tertiary/aromatic N) is 1. The summed E-state index contributed by atoms with van der Waals surface area (Å²) in [5, 5.41) is 9.48. The van der Waals surface area contributed by atoms with Crippen LogP contribution in [0.5, 0.6) is 5.75 Å². The van der Waals surface area contributed by atoms with Crippen LogP contribution in [0.15, 0.2) is 42.5 Å². The van der Waals surface area contributed by atoms with Crippen molar-refractivity contribution in [2.45, 2.75) is 38.8 Å². The summed E-state index contributed by atoms with van der Waals surface area (Å²) in [5.74, 6) is -0.302. The van der Waals surface area contributed by atoms with Crippen LogP contribution in [-0.4, -0.2) is 35.9 Å². The molecule has 0 saturated carbocycles. The van der Waals surface area contributed by atoms with E-state index >= 15 is 0 Å². The molecule has 142 valence electrons. The number of esters is 1. The number of hydrogen-bond acceptors (Lipinski definition) is 5. The van der Waals surface area contributed by atoms with Crippen molar-refractivity contribution >= 4 is 17.7 Å². The van der Waals surface area contributed by atoms with Gasteiger partial charge in [-0.2, -0.15) is 0 Å². The number of phenolic OH excluding ortho intramolecular Hbond substituents is 1. The lowest BCUT2D eigenvalue weighted by atomic mass is 10.0. The molecule has 6 heteroatoms. The molecule has 1 N–H and O–H groups in total. The molecule has 1 unspecified atom stereocenters.